The molecule has 0 fully saturated rings. The van der Waals surface area contributed by atoms with E-state index in [1.165, 1.54) is 0 Å². The third-order valence-corrected chi connectivity index (χ3v) is 2.90. The molecule has 0 spiro atoms. The topological polar surface area (TPSA) is 43.3 Å². The summed E-state index contributed by atoms with van der Waals surface area (Å²) in [5.74, 6) is 0. The second-order valence-electron chi connectivity index (χ2n) is 4.14. The van der Waals surface area contributed by atoms with Crippen LogP contribution in [0.1, 0.15) is 0 Å². The molecule has 0 aliphatic carbocycles. The van der Waals surface area contributed by atoms with Crippen LogP contribution in [0.4, 0.5) is 0 Å². The zero-order valence-electron chi connectivity index (χ0n) is 10.6. The Morgan fingerprint density at radius 1 is 1.22 bits per heavy atom. The molecule has 0 aliphatic rings. The van der Waals surface area contributed by atoms with Crippen LogP contribution in [-0.4, -0.2) is 31.4 Å². The minimum atomic E-state index is 0.0710. The first-order valence-corrected chi connectivity index (χ1v) is 6.11. The summed E-state index contributed by atoms with van der Waals surface area (Å²) in [5, 5.41) is 4.99. The predicted octanol–water partition coefficient (Wildman–Crippen LogP) is 1.24. The number of nitrogens with one attached hydrogen (secondary N) is 1. The Kier molecular flexibility index (Phi) is 4.50. The summed E-state index contributed by atoms with van der Waals surface area (Å²) < 4.78 is 6.68. The van der Waals surface area contributed by atoms with Gasteiger partial charge >= 0.3 is 0 Å². The molecule has 0 atom stereocenters. The molecule has 2 aromatic rings. The number of pyridine rings is 1. The maximum atomic E-state index is 12.2. The van der Waals surface area contributed by atoms with E-state index in [-0.39, 0.29) is 5.56 Å². The molecule has 0 saturated heterocycles. The van der Waals surface area contributed by atoms with Crippen molar-refractivity contribution in [3.05, 3.63) is 46.9 Å². The normalized spacial score (nSPS) is 10.9. The van der Waals surface area contributed by atoms with Gasteiger partial charge in [0, 0.05) is 38.3 Å². The number of aromatic nitrogens is 1. The second-order valence-corrected chi connectivity index (χ2v) is 4.14. The van der Waals surface area contributed by atoms with E-state index in [0.717, 1.165) is 23.9 Å². The van der Waals surface area contributed by atoms with E-state index in [0.29, 0.717) is 13.2 Å². The largest absolute Gasteiger partial charge is 0.383 e. The number of ether oxygens (including phenoxy) is 1. The Labute approximate surface area is 106 Å². The summed E-state index contributed by atoms with van der Waals surface area (Å²) in [6, 6.07) is 9.64. The number of rotatable bonds is 6. The van der Waals surface area contributed by atoms with Gasteiger partial charge in [0.2, 0.25) is 0 Å². The SMILES string of the molecule is COCCNCCn1ccc2ccccc2c1=O. The minimum absolute atomic E-state index is 0.0710. The molecule has 2 rings (SSSR count). The fraction of sp³-hybridized carbons (Fsp3) is 0.357. The number of hydrogen-bond acceptors (Lipinski definition) is 3. The third kappa shape index (κ3) is 2.97. The average Bonchev–Trinajstić information content (AvgIpc) is 2.41. The molecule has 0 aliphatic heterocycles. The first-order valence-electron chi connectivity index (χ1n) is 6.11. The highest BCUT2D eigenvalue weighted by Crippen LogP contribution is 2.07. The Hall–Kier alpha value is -1.65. The standard InChI is InChI=1S/C14H18N2O2/c1-18-11-8-15-7-10-16-9-6-12-4-2-3-5-13(12)14(16)17/h2-6,9,15H,7-8,10-11H2,1H3. The Morgan fingerprint density at radius 2 is 2.06 bits per heavy atom. The lowest BCUT2D eigenvalue weighted by molar-refractivity contribution is 0.199. The number of hydrogen-bond donors (Lipinski definition) is 1. The summed E-state index contributed by atoms with van der Waals surface area (Å²) in [7, 11) is 1.68. The molecule has 0 saturated carbocycles. The molecule has 1 N–H and O–H groups in total. The van der Waals surface area contributed by atoms with Crippen molar-refractivity contribution in [3.63, 3.8) is 0 Å². The number of fused-ring (bicyclic) bond motifs is 1. The number of benzene rings is 1. The van der Waals surface area contributed by atoms with Crippen molar-refractivity contribution in [2.75, 3.05) is 26.8 Å². The Bertz CT molecular complexity index is 563. The molecular weight excluding hydrogens is 228 g/mol. The minimum Gasteiger partial charge on any atom is -0.383 e. The lowest BCUT2D eigenvalue weighted by atomic mass is 10.2. The molecule has 1 aromatic carbocycles. The van der Waals surface area contributed by atoms with E-state index in [1.807, 2.05) is 36.5 Å². The molecule has 18 heavy (non-hydrogen) atoms. The van der Waals surface area contributed by atoms with Gasteiger partial charge < -0.3 is 14.6 Å². The maximum Gasteiger partial charge on any atom is 0.258 e. The van der Waals surface area contributed by atoms with Crippen molar-refractivity contribution in [1.82, 2.24) is 9.88 Å². The van der Waals surface area contributed by atoms with Crippen LogP contribution in [0, 0.1) is 0 Å². The van der Waals surface area contributed by atoms with Gasteiger partial charge in [0.1, 0.15) is 0 Å². The highest BCUT2D eigenvalue weighted by molar-refractivity contribution is 5.81. The molecule has 4 heteroatoms. The smallest absolute Gasteiger partial charge is 0.258 e. The van der Waals surface area contributed by atoms with Crippen molar-refractivity contribution < 1.29 is 4.74 Å². The van der Waals surface area contributed by atoms with Crippen LogP contribution in [0.5, 0.6) is 0 Å². The molecule has 1 heterocycles. The van der Waals surface area contributed by atoms with Crippen LogP contribution in [0.25, 0.3) is 10.8 Å². The van der Waals surface area contributed by atoms with Gasteiger partial charge in [-0.2, -0.15) is 0 Å². The molecule has 4 nitrogen and oxygen atoms in total. The predicted molar refractivity (Wildman–Crippen MR) is 73.0 cm³/mol. The first-order chi connectivity index (χ1) is 8.83. The molecule has 0 bridgehead atoms. The second kappa shape index (κ2) is 6.33. The van der Waals surface area contributed by atoms with Crippen molar-refractivity contribution >= 4 is 10.8 Å². The van der Waals surface area contributed by atoms with Crippen molar-refractivity contribution in [2.45, 2.75) is 6.54 Å². The van der Waals surface area contributed by atoms with Gasteiger partial charge in [-0.3, -0.25) is 4.79 Å². The van der Waals surface area contributed by atoms with Crippen LogP contribution in [0.3, 0.4) is 0 Å². The molecule has 96 valence electrons. The van der Waals surface area contributed by atoms with E-state index in [4.69, 9.17) is 4.74 Å². The summed E-state index contributed by atoms with van der Waals surface area (Å²) in [5.41, 5.74) is 0.0710. The van der Waals surface area contributed by atoms with Crippen molar-refractivity contribution in [2.24, 2.45) is 0 Å². The average molecular weight is 246 g/mol. The lowest BCUT2D eigenvalue weighted by Gasteiger charge is -2.08. The third-order valence-electron chi connectivity index (χ3n) is 2.90. The van der Waals surface area contributed by atoms with Crippen LogP contribution in [0.15, 0.2) is 41.3 Å². The van der Waals surface area contributed by atoms with Gasteiger partial charge in [0.15, 0.2) is 0 Å². The number of nitrogens with zero attached hydrogens (tertiary/aromatic N) is 1. The van der Waals surface area contributed by atoms with Crippen molar-refractivity contribution in [3.8, 4) is 0 Å². The van der Waals surface area contributed by atoms with Gasteiger partial charge in [0.25, 0.3) is 5.56 Å². The molecule has 0 radical (unpaired) electrons. The maximum absolute atomic E-state index is 12.2. The fourth-order valence-electron chi connectivity index (χ4n) is 1.90. The van der Waals surface area contributed by atoms with Crippen molar-refractivity contribution in [1.29, 1.82) is 0 Å². The van der Waals surface area contributed by atoms with Crippen LogP contribution in [0.2, 0.25) is 0 Å². The fourth-order valence-corrected chi connectivity index (χ4v) is 1.90. The summed E-state index contributed by atoms with van der Waals surface area (Å²) in [6.07, 6.45) is 1.85. The van der Waals surface area contributed by atoms with E-state index in [2.05, 4.69) is 5.32 Å². The quantitative estimate of drug-likeness (QED) is 0.780. The van der Waals surface area contributed by atoms with Crippen LogP contribution < -0.4 is 10.9 Å². The van der Waals surface area contributed by atoms with Gasteiger partial charge in [0.05, 0.1) is 6.61 Å². The lowest BCUT2D eigenvalue weighted by Crippen LogP contribution is -2.28. The van der Waals surface area contributed by atoms with Crippen LogP contribution in [-0.2, 0) is 11.3 Å². The monoisotopic (exact) mass is 246 g/mol. The molecular formula is C14H18N2O2. The van der Waals surface area contributed by atoms with Gasteiger partial charge in [-0.1, -0.05) is 18.2 Å². The summed E-state index contributed by atoms with van der Waals surface area (Å²) in [6.45, 7) is 2.93. The molecule has 0 amide bonds. The summed E-state index contributed by atoms with van der Waals surface area (Å²) >= 11 is 0. The van der Waals surface area contributed by atoms with E-state index in [9.17, 15) is 4.79 Å². The number of methoxy groups -OCH3 is 1. The van der Waals surface area contributed by atoms with E-state index < -0.39 is 0 Å². The highest BCUT2D eigenvalue weighted by atomic mass is 16.5. The van der Waals surface area contributed by atoms with Crippen LogP contribution >= 0.6 is 0 Å². The van der Waals surface area contributed by atoms with E-state index >= 15 is 0 Å². The molecule has 1 aromatic heterocycles. The summed E-state index contributed by atoms with van der Waals surface area (Å²) in [4.78, 5) is 12.2. The van der Waals surface area contributed by atoms with Gasteiger partial charge in [-0.05, 0) is 17.5 Å². The van der Waals surface area contributed by atoms with Gasteiger partial charge in [-0.15, -0.1) is 0 Å². The van der Waals surface area contributed by atoms with E-state index in [1.54, 1.807) is 11.7 Å². The Balaban J connectivity index is 2.05. The first kappa shape index (κ1) is 12.8. The van der Waals surface area contributed by atoms with Gasteiger partial charge in [-0.25, -0.2) is 0 Å². The zero-order valence-corrected chi connectivity index (χ0v) is 10.6. The molecule has 0 unspecified atom stereocenters. The highest BCUT2D eigenvalue weighted by Gasteiger charge is 2.01. The zero-order chi connectivity index (χ0) is 12.8. The Morgan fingerprint density at radius 3 is 2.89 bits per heavy atom.